The van der Waals surface area contributed by atoms with Gasteiger partial charge in [0.1, 0.15) is 0 Å². The lowest BCUT2D eigenvalue weighted by Gasteiger charge is -2.15. The monoisotopic (exact) mass is 584 g/mol. The van der Waals surface area contributed by atoms with Gasteiger partial charge in [-0.3, -0.25) is 0 Å². The van der Waals surface area contributed by atoms with Crippen molar-refractivity contribution in [2.75, 3.05) is 0 Å². The number of hydrogen-bond acceptors (Lipinski definition) is 2. The van der Waals surface area contributed by atoms with Gasteiger partial charge in [0.05, 0.1) is 11.4 Å². The minimum atomic E-state index is 0.711. The zero-order valence-electron chi connectivity index (χ0n) is 25.1. The summed E-state index contributed by atoms with van der Waals surface area (Å²) in [5, 5.41) is 2.62. The number of benzene rings is 7. The van der Waals surface area contributed by atoms with Crippen LogP contribution < -0.4 is 0 Å². The van der Waals surface area contributed by atoms with Crippen LogP contribution in [0, 0.1) is 0 Å². The molecule has 0 N–H and O–H groups in total. The Morgan fingerprint density at radius 3 is 1.39 bits per heavy atom. The Hall–Kier alpha value is -6.12. The van der Waals surface area contributed by atoms with E-state index in [4.69, 9.17) is 9.97 Å². The Balaban J connectivity index is 1.19. The van der Waals surface area contributed by atoms with E-state index in [1.807, 2.05) is 12.1 Å². The SMILES string of the molecule is c1ccc(-c2cc(-c3ccccc3)nc(-c3cccc(-c4ccccc4-c4ccc5c6c(cccc46)-c4ccccc4-5)c3)n2)cc1. The summed E-state index contributed by atoms with van der Waals surface area (Å²) in [6.45, 7) is 0. The number of rotatable bonds is 5. The standard InChI is InChI=1S/C44H28N2/c1-3-13-29(14-4-1)41-28-42(30-15-5-2-6-16-30)46-44(45-41)32-18-11-17-31(27-32)33-19-7-8-20-34(33)37-25-26-40-36-22-10-9-21-35(36)38-23-12-24-39(37)43(38)40/h1-28H. The molecule has 46 heavy (non-hydrogen) atoms. The Labute approximate surface area is 268 Å². The van der Waals surface area contributed by atoms with E-state index in [-0.39, 0.29) is 0 Å². The van der Waals surface area contributed by atoms with Gasteiger partial charge in [-0.1, -0.05) is 158 Å². The summed E-state index contributed by atoms with van der Waals surface area (Å²) in [4.78, 5) is 10.2. The first-order chi connectivity index (χ1) is 22.8. The highest BCUT2D eigenvalue weighted by atomic mass is 14.9. The Bertz CT molecular complexity index is 2320. The van der Waals surface area contributed by atoms with Gasteiger partial charge < -0.3 is 0 Å². The van der Waals surface area contributed by atoms with Crippen molar-refractivity contribution in [2.24, 2.45) is 0 Å². The molecule has 0 saturated carbocycles. The minimum absolute atomic E-state index is 0.711. The molecule has 0 fully saturated rings. The highest BCUT2D eigenvalue weighted by Crippen LogP contribution is 2.50. The molecular formula is C44H28N2. The fourth-order valence-electron chi connectivity index (χ4n) is 6.93. The molecule has 2 heteroatoms. The average Bonchev–Trinajstić information content (AvgIpc) is 3.47. The third-order valence-electron chi connectivity index (χ3n) is 9.06. The van der Waals surface area contributed by atoms with Crippen LogP contribution >= 0.6 is 0 Å². The van der Waals surface area contributed by atoms with Crippen molar-refractivity contribution in [1.82, 2.24) is 9.97 Å². The van der Waals surface area contributed by atoms with Gasteiger partial charge in [-0.2, -0.15) is 0 Å². The third kappa shape index (κ3) is 4.35. The van der Waals surface area contributed by atoms with E-state index in [9.17, 15) is 0 Å². The molecule has 1 aliphatic rings. The predicted octanol–water partition coefficient (Wildman–Crippen LogP) is 11.6. The second kappa shape index (κ2) is 10.8. The average molecular weight is 585 g/mol. The van der Waals surface area contributed by atoms with Crippen LogP contribution in [0.2, 0.25) is 0 Å². The Morgan fingerprint density at radius 2 is 0.739 bits per heavy atom. The lowest BCUT2D eigenvalue weighted by molar-refractivity contribution is 1.18. The quantitative estimate of drug-likeness (QED) is 0.201. The van der Waals surface area contributed by atoms with Crippen molar-refractivity contribution < 1.29 is 0 Å². The fourth-order valence-corrected chi connectivity index (χ4v) is 6.93. The van der Waals surface area contributed by atoms with E-state index in [0.717, 1.165) is 33.6 Å². The highest BCUT2D eigenvalue weighted by Gasteiger charge is 2.23. The van der Waals surface area contributed by atoms with Crippen LogP contribution in [0.25, 0.3) is 89.2 Å². The largest absolute Gasteiger partial charge is 0.228 e. The van der Waals surface area contributed by atoms with E-state index in [1.165, 1.54) is 49.7 Å². The first kappa shape index (κ1) is 26.3. The molecule has 1 aromatic heterocycles. The summed E-state index contributed by atoms with van der Waals surface area (Å²) in [6, 6.07) is 60.2. The molecular weight excluding hydrogens is 556 g/mol. The molecule has 9 rings (SSSR count). The molecule has 8 aromatic rings. The van der Waals surface area contributed by atoms with E-state index in [1.54, 1.807) is 0 Å². The van der Waals surface area contributed by atoms with Crippen LogP contribution in [-0.4, -0.2) is 9.97 Å². The van der Waals surface area contributed by atoms with Gasteiger partial charge in [0.25, 0.3) is 0 Å². The molecule has 0 unspecified atom stereocenters. The van der Waals surface area contributed by atoms with Gasteiger partial charge in [-0.15, -0.1) is 0 Å². The molecule has 0 radical (unpaired) electrons. The summed E-state index contributed by atoms with van der Waals surface area (Å²) in [5.41, 5.74) is 15.0. The molecule has 0 aliphatic heterocycles. The molecule has 0 saturated heterocycles. The van der Waals surface area contributed by atoms with Gasteiger partial charge in [-0.25, -0.2) is 9.97 Å². The smallest absolute Gasteiger partial charge is 0.160 e. The van der Waals surface area contributed by atoms with Crippen LogP contribution in [0.3, 0.4) is 0 Å². The number of aromatic nitrogens is 2. The van der Waals surface area contributed by atoms with Crippen molar-refractivity contribution in [1.29, 1.82) is 0 Å². The molecule has 1 aliphatic carbocycles. The Kier molecular flexibility index (Phi) is 6.17. The molecule has 1 heterocycles. The van der Waals surface area contributed by atoms with Crippen molar-refractivity contribution in [3.05, 3.63) is 170 Å². The maximum absolute atomic E-state index is 5.09. The first-order valence-corrected chi connectivity index (χ1v) is 15.7. The lowest BCUT2D eigenvalue weighted by atomic mass is 9.89. The minimum Gasteiger partial charge on any atom is -0.228 e. The number of fused-ring (bicyclic) bond motifs is 3. The molecule has 0 bridgehead atoms. The van der Waals surface area contributed by atoms with Gasteiger partial charge in [0.15, 0.2) is 5.82 Å². The van der Waals surface area contributed by atoms with Crippen LogP contribution in [0.5, 0.6) is 0 Å². The molecule has 7 aromatic carbocycles. The van der Waals surface area contributed by atoms with Gasteiger partial charge in [-0.05, 0) is 67.4 Å². The van der Waals surface area contributed by atoms with Gasteiger partial charge in [0, 0.05) is 16.7 Å². The zero-order chi connectivity index (χ0) is 30.5. The van der Waals surface area contributed by atoms with E-state index in [2.05, 4.69) is 158 Å². The van der Waals surface area contributed by atoms with Crippen LogP contribution in [-0.2, 0) is 0 Å². The summed E-state index contributed by atoms with van der Waals surface area (Å²) in [7, 11) is 0. The highest BCUT2D eigenvalue weighted by molar-refractivity contribution is 6.19. The summed E-state index contributed by atoms with van der Waals surface area (Å²) >= 11 is 0. The van der Waals surface area contributed by atoms with Crippen molar-refractivity contribution in [2.45, 2.75) is 0 Å². The molecule has 0 atom stereocenters. The molecule has 0 spiro atoms. The van der Waals surface area contributed by atoms with E-state index < -0.39 is 0 Å². The van der Waals surface area contributed by atoms with E-state index in [0.29, 0.717) is 5.82 Å². The summed E-state index contributed by atoms with van der Waals surface area (Å²) in [6.07, 6.45) is 0. The van der Waals surface area contributed by atoms with Crippen LogP contribution in [0.1, 0.15) is 0 Å². The van der Waals surface area contributed by atoms with Crippen molar-refractivity contribution >= 4 is 10.8 Å². The maximum atomic E-state index is 5.09. The fraction of sp³-hybridized carbons (Fsp3) is 0. The number of nitrogens with zero attached hydrogens (tertiary/aromatic N) is 2. The van der Waals surface area contributed by atoms with Crippen LogP contribution in [0.15, 0.2) is 170 Å². The summed E-state index contributed by atoms with van der Waals surface area (Å²) in [5.74, 6) is 0.711. The molecule has 0 amide bonds. The van der Waals surface area contributed by atoms with Crippen molar-refractivity contribution in [3.63, 3.8) is 0 Å². The summed E-state index contributed by atoms with van der Waals surface area (Å²) < 4.78 is 0. The lowest BCUT2D eigenvalue weighted by Crippen LogP contribution is -1.96. The topological polar surface area (TPSA) is 25.8 Å². The Morgan fingerprint density at radius 1 is 0.283 bits per heavy atom. The third-order valence-corrected chi connectivity index (χ3v) is 9.06. The molecule has 214 valence electrons. The normalized spacial score (nSPS) is 11.5. The van der Waals surface area contributed by atoms with Gasteiger partial charge in [0.2, 0.25) is 0 Å². The van der Waals surface area contributed by atoms with E-state index >= 15 is 0 Å². The zero-order valence-corrected chi connectivity index (χ0v) is 25.1. The second-order valence-electron chi connectivity index (χ2n) is 11.8. The predicted molar refractivity (Wildman–Crippen MR) is 191 cm³/mol. The molecule has 2 nitrogen and oxygen atoms in total. The van der Waals surface area contributed by atoms with Gasteiger partial charge >= 0.3 is 0 Å². The maximum Gasteiger partial charge on any atom is 0.160 e. The number of hydrogen-bond donors (Lipinski definition) is 0. The first-order valence-electron chi connectivity index (χ1n) is 15.7. The van der Waals surface area contributed by atoms with Crippen LogP contribution in [0.4, 0.5) is 0 Å². The second-order valence-corrected chi connectivity index (χ2v) is 11.8. The van der Waals surface area contributed by atoms with Crippen molar-refractivity contribution in [3.8, 4) is 78.4 Å².